The van der Waals surface area contributed by atoms with E-state index in [9.17, 15) is 14.4 Å². The Bertz CT molecular complexity index is 1750. The van der Waals surface area contributed by atoms with Gasteiger partial charge in [-0.25, -0.2) is 0 Å². The number of rotatable bonds is 8. The van der Waals surface area contributed by atoms with Crippen molar-refractivity contribution in [1.82, 2.24) is 9.88 Å². The molecule has 3 aromatic carbocycles. The SMILES string of the molecule is CC(C)(C)C(=O)/C=c1\s/c(=C\c2ccc(OCc3ccccc3)cc2)c(=O)n1CC(=O)N[C@H]1CCCc2ccccc21. The first-order valence-electron chi connectivity index (χ1n) is 14.3. The number of carbonyl (C=O) groups is 2. The molecule has 1 aliphatic rings. The molecule has 1 N–H and O–H groups in total. The normalized spacial score (nSPS) is 15.7. The Kier molecular flexibility index (Phi) is 8.88. The molecule has 1 heterocycles. The number of hydrogen-bond donors (Lipinski definition) is 1. The van der Waals surface area contributed by atoms with Crippen LogP contribution in [0.15, 0.2) is 83.7 Å². The van der Waals surface area contributed by atoms with Crippen molar-refractivity contribution >= 4 is 35.2 Å². The lowest BCUT2D eigenvalue weighted by molar-refractivity contribution is -0.123. The number of fused-ring (bicyclic) bond motifs is 1. The van der Waals surface area contributed by atoms with Crippen LogP contribution in [0.25, 0.3) is 12.2 Å². The molecule has 1 aliphatic carbocycles. The van der Waals surface area contributed by atoms with E-state index in [0.717, 1.165) is 41.7 Å². The van der Waals surface area contributed by atoms with Crippen molar-refractivity contribution in [3.63, 3.8) is 0 Å². The second-order valence-corrected chi connectivity index (χ2v) is 12.7. The molecule has 6 nitrogen and oxygen atoms in total. The number of ether oxygens (including phenoxy) is 1. The molecule has 1 amide bonds. The standard InChI is InChI=1S/C35H36N2O4S/c1-35(2,3)31(38)21-33-37(22-32(39)36-29-15-9-13-26-12-7-8-14-28(26)29)34(40)30(42-33)20-24-16-18-27(19-17-24)41-23-25-10-5-4-6-11-25/h4-8,10-12,14,16-21,29H,9,13,15,22-23H2,1-3H3,(H,36,39)/b30-20-,33-21-/t29-/m0/s1. The Balaban J connectivity index is 1.40. The first-order chi connectivity index (χ1) is 20.2. The molecule has 216 valence electrons. The molecule has 5 rings (SSSR count). The van der Waals surface area contributed by atoms with Crippen molar-refractivity contribution in [1.29, 1.82) is 0 Å². The topological polar surface area (TPSA) is 77.4 Å². The number of ketones is 1. The van der Waals surface area contributed by atoms with Crippen LogP contribution in [0.5, 0.6) is 5.75 Å². The summed E-state index contributed by atoms with van der Waals surface area (Å²) in [6.45, 7) is 5.82. The number of amides is 1. The molecule has 0 fully saturated rings. The van der Waals surface area contributed by atoms with E-state index in [2.05, 4.69) is 17.4 Å². The number of nitrogens with zero attached hydrogens (tertiary/aromatic N) is 1. The Labute approximate surface area is 250 Å². The molecular weight excluding hydrogens is 544 g/mol. The lowest BCUT2D eigenvalue weighted by Gasteiger charge is -2.26. The predicted octanol–water partition coefficient (Wildman–Crippen LogP) is 4.91. The second kappa shape index (κ2) is 12.7. The lowest BCUT2D eigenvalue weighted by atomic mass is 9.88. The minimum absolute atomic E-state index is 0.0888. The molecule has 0 radical (unpaired) electrons. The number of benzene rings is 3. The average Bonchev–Trinajstić information content (AvgIpc) is 3.25. The maximum Gasteiger partial charge on any atom is 0.269 e. The zero-order valence-corrected chi connectivity index (χ0v) is 25.1. The van der Waals surface area contributed by atoms with Gasteiger partial charge in [0, 0.05) is 11.5 Å². The smallest absolute Gasteiger partial charge is 0.269 e. The van der Waals surface area contributed by atoms with Crippen molar-refractivity contribution in [2.24, 2.45) is 5.41 Å². The van der Waals surface area contributed by atoms with Crippen LogP contribution >= 0.6 is 11.3 Å². The van der Waals surface area contributed by atoms with Gasteiger partial charge in [-0.3, -0.25) is 19.0 Å². The van der Waals surface area contributed by atoms with E-state index in [4.69, 9.17) is 4.74 Å². The molecule has 0 saturated carbocycles. The summed E-state index contributed by atoms with van der Waals surface area (Å²) in [5.74, 6) is 0.372. The van der Waals surface area contributed by atoms with Gasteiger partial charge in [0.25, 0.3) is 5.56 Å². The van der Waals surface area contributed by atoms with Crippen LogP contribution in [0.4, 0.5) is 0 Å². The van der Waals surface area contributed by atoms with Gasteiger partial charge in [-0.15, -0.1) is 11.3 Å². The third-order valence-electron chi connectivity index (χ3n) is 7.36. The maximum absolute atomic E-state index is 13.6. The molecule has 0 aliphatic heterocycles. The van der Waals surface area contributed by atoms with Gasteiger partial charge in [-0.1, -0.05) is 87.5 Å². The summed E-state index contributed by atoms with van der Waals surface area (Å²) in [6.07, 6.45) is 6.13. The van der Waals surface area contributed by atoms with E-state index in [1.807, 2.05) is 87.5 Å². The molecule has 0 unspecified atom stereocenters. The van der Waals surface area contributed by atoms with Crippen LogP contribution in [0.3, 0.4) is 0 Å². The lowest BCUT2D eigenvalue weighted by Crippen LogP contribution is -2.40. The van der Waals surface area contributed by atoms with E-state index in [0.29, 0.717) is 15.8 Å². The van der Waals surface area contributed by atoms with Crippen molar-refractivity contribution in [3.8, 4) is 5.75 Å². The Morgan fingerprint density at radius 3 is 2.45 bits per heavy atom. The van der Waals surface area contributed by atoms with Crippen molar-refractivity contribution in [2.45, 2.75) is 59.2 Å². The summed E-state index contributed by atoms with van der Waals surface area (Å²) < 4.78 is 8.22. The van der Waals surface area contributed by atoms with Gasteiger partial charge < -0.3 is 10.1 Å². The van der Waals surface area contributed by atoms with Gasteiger partial charge in [-0.2, -0.15) is 0 Å². The highest BCUT2D eigenvalue weighted by molar-refractivity contribution is 7.07. The summed E-state index contributed by atoms with van der Waals surface area (Å²) >= 11 is 1.22. The minimum atomic E-state index is -0.613. The highest BCUT2D eigenvalue weighted by Crippen LogP contribution is 2.29. The van der Waals surface area contributed by atoms with Crippen LogP contribution < -0.4 is 24.8 Å². The Morgan fingerprint density at radius 2 is 1.71 bits per heavy atom. The summed E-state index contributed by atoms with van der Waals surface area (Å²) in [4.78, 5) is 39.8. The summed E-state index contributed by atoms with van der Waals surface area (Å²) in [6, 6.07) is 25.5. The van der Waals surface area contributed by atoms with Crippen LogP contribution in [0.1, 0.15) is 61.9 Å². The highest BCUT2D eigenvalue weighted by atomic mass is 32.1. The molecule has 1 aromatic heterocycles. The number of thiazole rings is 1. The molecule has 1 atom stereocenters. The van der Waals surface area contributed by atoms with E-state index >= 15 is 0 Å². The number of aryl methyl sites for hydroxylation is 1. The van der Waals surface area contributed by atoms with Crippen LogP contribution in [0, 0.1) is 5.41 Å². The van der Waals surface area contributed by atoms with Gasteiger partial charge in [0.2, 0.25) is 5.91 Å². The van der Waals surface area contributed by atoms with Crippen molar-refractivity contribution < 1.29 is 14.3 Å². The van der Waals surface area contributed by atoms with Crippen LogP contribution in [0.2, 0.25) is 0 Å². The highest BCUT2D eigenvalue weighted by Gasteiger charge is 2.23. The number of nitrogens with one attached hydrogen (secondary N) is 1. The molecule has 0 saturated heterocycles. The van der Waals surface area contributed by atoms with Gasteiger partial charge in [0.1, 0.15) is 23.6 Å². The number of aromatic nitrogens is 1. The first-order valence-corrected chi connectivity index (χ1v) is 15.1. The van der Waals surface area contributed by atoms with Crippen LogP contribution in [-0.2, 0) is 29.2 Å². The summed E-state index contributed by atoms with van der Waals surface area (Å²) in [5, 5.41) is 3.13. The van der Waals surface area contributed by atoms with Gasteiger partial charge in [-0.05, 0) is 59.7 Å². The molecular formula is C35H36N2O4S. The van der Waals surface area contributed by atoms with Gasteiger partial charge in [0.05, 0.1) is 10.6 Å². The van der Waals surface area contributed by atoms with Gasteiger partial charge in [0.15, 0.2) is 5.78 Å². The quantitative estimate of drug-likeness (QED) is 0.322. The fraction of sp³-hybridized carbons (Fsp3) is 0.286. The van der Waals surface area contributed by atoms with Crippen molar-refractivity contribution in [3.05, 3.63) is 121 Å². The third kappa shape index (κ3) is 7.15. The first kappa shape index (κ1) is 29.3. The largest absolute Gasteiger partial charge is 0.489 e. The van der Waals surface area contributed by atoms with E-state index in [-0.39, 0.29) is 29.8 Å². The van der Waals surface area contributed by atoms with Gasteiger partial charge >= 0.3 is 0 Å². The van der Waals surface area contributed by atoms with Crippen molar-refractivity contribution in [2.75, 3.05) is 0 Å². The number of Topliss-reactive ketones (excluding diaryl/α,β-unsaturated/α-hetero) is 1. The summed E-state index contributed by atoms with van der Waals surface area (Å²) in [5.41, 5.74) is 3.38. The number of carbonyl (C=O) groups excluding carboxylic acids is 2. The van der Waals surface area contributed by atoms with E-state index in [1.54, 1.807) is 6.08 Å². The molecule has 4 aromatic rings. The van der Waals surface area contributed by atoms with E-state index in [1.165, 1.54) is 27.5 Å². The molecule has 0 spiro atoms. The third-order valence-corrected chi connectivity index (χ3v) is 8.42. The fourth-order valence-corrected chi connectivity index (χ4v) is 6.00. The minimum Gasteiger partial charge on any atom is -0.489 e. The van der Waals surface area contributed by atoms with E-state index < -0.39 is 5.41 Å². The average molecular weight is 581 g/mol. The second-order valence-electron chi connectivity index (χ2n) is 11.7. The molecule has 0 bridgehead atoms. The monoisotopic (exact) mass is 580 g/mol. The zero-order valence-electron chi connectivity index (χ0n) is 24.3. The summed E-state index contributed by atoms with van der Waals surface area (Å²) in [7, 11) is 0. The van der Waals surface area contributed by atoms with Crippen LogP contribution in [-0.4, -0.2) is 16.3 Å². The predicted molar refractivity (Wildman–Crippen MR) is 168 cm³/mol. The zero-order chi connectivity index (χ0) is 29.7. The Morgan fingerprint density at radius 1 is 1.00 bits per heavy atom. The maximum atomic E-state index is 13.6. The molecule has 7 heteroatoms. The fourth-order valence-electron chi connectivity index (χ4n) is 4.96. The Hall–Kier alpha value is -4.23. The molecule has 42 heavy (non-hydrogen) atoms. The number of hydrogen-bond acceptors (Lipinski definition) is 5.